The van der Waals surface area contributed by atoms with Crippen LogP contribution in [-0.4, -0.2) is 91.6 Å². The van der Waals surface area contributed by atoms with Crippen molar-refractivity contribution in [2.45, 2.75) is 29.4 Å². The highest BCUT2D eigenvalue weighted by molar-refractivity contribution is 5.76. The zero-order valence-corrected chi connectivity index (χ0v) is 8.40. The Labute approximate surface area is 97.5 Å². The Kier molecular flexibility index (Phi) is 4.10. The largest absolute Gasteiger partial charge is 0.477 e. The maximum atomic E-state index is 10.3. The predicted octanol–water partition coefficient (Wildman–Crippen LogP) is -6.89. The fraction of sp³-hybridized carbons (Fsp3) is 0.833. The molecular weight excluding hydrogens is 264 g/mol. The first kappa shape index (κ1) is 17.1. The van der Waals surface area contributed by atoms with Gasteiger partial charge < -0.3 is 56.2 Å². The Bertz CT molecular complexity index is 327. The molecule has 0 aromatic rings. The van der Waals surface area contributed by atoms with Gasteiger partial charge in [-0.15, -0.1) is 0 Å². The van der Waals surface area contributed by atoms with Crippen molar-refractivity contribution in [1.82, 2.24) is 0 Å². The van der Waals surface area contributed by atoms with Crippen LogP contribution in [0.3, 0.4) is 0 Å². The van der Waals surface area contributed by atoms with E-state index in [0.29, 0.717) is 0 Å². The second-order valence-corrected chi connectivity index (χ2v) is 3.42. The van der Waals surface area contributed by atoms with E-state index in [1.165, 1.54) is 0 Å². The van der Waals surface area contributed by atoms with Gasteiger partial charge in [0.1, 0.15) is 0 Å². The highest BCUT2D eigenvalue weighted by atomic mass is 16.7. The van der Waals surface area contributed by atoms with Crippen LogP contribution in [0.4, 0.5) is 0 Å². The lowest BCUT2D eigenvalue weighted by Crippen LogP contribution is -2.80. The molecule has 0 atom stereocenters. The van der Waals surface area contributed by atoms with Crippen LogP contribution >= 0.6 is 0 Å². The summed E-state index contributed by atoms with van der Waals surface area (Å²) in [5.41, 5.74) is 0. The maximum Gasteiger partial charge on any atom is 0.370 e. The van der Waals surface area contributed by atoms with Crippen molar-refractivity contribution in [2.24, 2.45) is 0 Å². The van der Waals surface area contributed by atoms with Crippen LogP contribution in [0.5, 0.6) is 0 Å². The molecule has 0 aromatic heterocycles. The molecule has 12 nitrogen and oxygen atoms in total. The minimum atomic E-state index is -4.92. The lowest BCUT2D eigenvalue weighted by Gasteiger charge is -2.45. The van der Waals surface area contributed by atoms with E-state index in [1.54, 1.807) is 0 Å². The number of aliphatic hydroxyl groups is 10. The molecule has 0 heterocycles. The normalized spacial score (nSPS) is 15.1. The van der Waals surface area contributed by atoms with E-state index in [4.69, 9.17) is 56.2 Å². The lowest BCUT2D eigenvalue weighted by molar-refractivity contribution is -0.517. The molecule has 0 saturated heterocycles. The molecule has 0 aliphatic carbocycles. The molecule has 0 fully saturated rings. The smallest absolute Gasteiger partial charge is 0.370 e. The summed E-state index contributed by atoms with van der Waals surface area (Å²) in [5.74, 6) is -21.8. The zero-order valence-electron chi connectivity index (χ0n) is 8.40. The summed E-state index contributed by atoms with van der Waals surface area (Å²) >= 11 is 0. The third-order valence-electron chi connectivity index (χ3n) is 2.14. The Hall–Kier alpha value is -0.930. The van der Waals surface area contributed by atoms with Crippen molar-refractivity contribution in [1.29, 1.82) is 0 Å². The topological polar surface area (TPSA) is 240 Å². The van der Waals surface area contributed by atoms with Gasteiger partial charge in [0, 0.05) is 0 Å². The molecule has 0 rings (SSSR count). The number of rotatable bonds is 5. The summed E-state index contributed by atoms with van der Waals surface area (Å²) in [7, 11) is 0. The summed E-state index contributed by atoms with van der Waals surface area (Å²) in [6.45, 7) is 0. The van der Waals surface area contributed by atoms with Crippen molar-refractivity contribution < 1.29 is 61.0 Å². The van der Waals surface area contributed by atoms with E-state index < -0.39 is 35.4 Å². The SMILES string of the molecule is O=C(O)C(O)(O)C(O)(O)C(O)(O)C(O)(O)C(O)O. The third kappa shape index (κ3) is 2.06. The van der Waals surface area contributed by atoms with E-state index >= 15 is 0 Å². The number of carbonyl (C=O) groups is 1. The average molecular weight is 276 g/mol. The monoisotopic (exact) mass is 276 g/mol. The van der Waals surface area contributed by atoms with Crippen LogP contribution in [0.15, 0.2) is 0 Å². The standard InChI is InChI=1S/C6H12O12/c7-1(8)3(11,12)5(15,16)6(17,18)4(13,14)2(9)10/h1,7-8,11-18H,(H,9,10). The van der Waals surface area contributed by atoms with Gasteiger partial charge in [-0.2, -0.15) is 0 Å². The number of hydrogen-bond acceptors (Lipinski definition) is 11. The number of carboxylic acids is 1. The first-order chi connectivity index (χ1) is 7.64. The van der Waals surface area contributed by atoms with Crippen molar-refractivity contribution in [2.75, 3.05) is 0 Å². The Morgan fingerprint density at radius 3 is 1.33 bits per heavy atom. The van der Waals surface area contributed by atoms with Crippen molar-refractivity contribution in [3.63, 3.8) is 0 Å². The van der Waals surface area contributed by atoms with Gasteiger partial charge in [-0.25, -0.2) is 4.79 Å². The molecule has 12 heteroatoms. The highest BCUT2D eigenvalue weighted by Crippen LogP contribution is 2.35. The van der Waals surface area contributed by atoms with Crippen LogP contribution < -0.4 is 0 Å². The van der Waals surface area contributed by atoms with Crippen molar-refractivity contribution in [3.05, 3.63) is 0 Å². The fourth-order valence-corrected chi connectivity index (χ4v) is 0.829. The van der Waals surface area contributed by atoms with Crippen LogP contribution in [0.25, 0.3) is 0 Å². The first-order valence-electron chi connectivity index (χ1n) is 4.02. The third-order valence-corrected chi connectivity index (χ3v) is 2.14. The number of aliphatic carboxylic acids is 1. The van der Waals surface area contributed by atoms with Crippen LogP contribution in [-0.2, 0) is 4.79 Å². The van der Waals surface area contributed by atoms with Gasteiger partial charge >= 0.3 is 11.8 Å². The minimum absolute atomic E-state index is 2.82. The second-order valence-electron chi connectivity index (χ2n) is 3.42. The molecule has 0 amide bonds. The quantitative estimate of drug-likeness (QED) is 0.210. The molecule has 0 aliphatic heterocycles. The molecule has 108 valence electrons. The summed E-state index contributed by atoms with van der Waals surface area (Å²) < 4.78 is 0. The van der Waals surface area contributed by atoms with Gasteiger partial charge in [-0.1, -0.05) is 0 Å². The molecule has 0 bridgehead atoms. The Morgan fingerprint density at radius 2 is 1.11 bits per heavy atom. The van der Waals surface area contributed by atoms with E-state index in [2.05, 4.69) is 0 Å². The van der Waals surface area contributed by atoms with Gasteiger partial charge in [-0.05, 0) is 0 Å². The lowest BCUT2D eigenvalue weighted by atomic mass is 9.89. The van der Waals surface area contributed by atoms with Crippen LogP contribution in [0, 0.1) is 0 Å². The fourth-order valence-electron chi connectivity index (χ4n) is 0.829. The zero-order chi connectivity index (χ0) is 15.2. The molecule has 0 spiro atoms. The van der Waals surface area contributed by atoms with Gasteiger partial charge in [-0.3, -0.25) is 0 Å². The maximum absolute atomic E-state index is 10.3. The number of aliphatic hydroxyl groups excluding tert-OH is 1. The van der Waals surface area contributed by atoms with E-state index in [1.807, 2.05) is 0 Å². The molecular formula is C6H12O12. The summed E-state index contributed by atoms with van der Waals surface area (Å²) in [4.78, 5) is 10.3. The molecule has 11 N–H and O–H groups in total. The van der Waals surface area contributed by atoms with Gasteiger partial charge in [0.05, 0.1) is 0 Å². The van der Waals surface area contributed by atoms with E-state index in [-0.39, 0.29) is 0 Å². The molecule has 0 aromatic carbocycles. The van der Waals surface area contributed by atoms with Gasteiger partial charge in [0.15, 0.2) is 0 Å². The van der Waals surface area contributed by atoms with E-state index in [0.717, 1.165) is 0 Å². The molecule has 18 heavy (non-hydrogen) atoms. The van der Waals surface area contributed by atoms with Gasteiger partial charge in [0.2, 0.25) is 6.29 Å². The molecule has 0 aliphatic rings. The number of hydrogen-bond donors (Lipinski definition) is 11. The van der Waals surface area contributed by atoms with Crippen molar-refractivity contribution in [3.8, 4) is 0 Å². The van der Waals surface area contributed by atoms with Crippen molar-refractivity contribution >= 4 is 5.97 Å². The van der Waals surface area contributed by atoms with Gasteiger partial charge in [0.25, 0.3) is 17.4 Å². The Balaban J connectivity index is 5.81. The first-order valence-corrected chi connectivity index (χ1v) is 4.02. The molecule has 0 saturated carbocycles. The summed E-state index contributed by atoms with van der Waals surface area (Å²) in [6.07, 6.45) is -3.43. The molecule has 0 unspecified atom stereocenters. The minimum Gasteiger partial charge on any atom is -0.477 e. The average Bonchev–Trinajstić information content (AvgIpc) is 2.15. The van der Waals surface area contributed by atoms with E-state index in [9.17, 15) is 4.79 Å². The summed E-state index contributed by atoms with van der Waals surface area (Å²) in [5, 5.41) is 96.0. The Morgan fingerprint density at radius 1 is 0.778 bits per heavy atom. The van der Waals surface area contributed by atoms with Crippen LogP contribution in [0.1, 0.15) is 0 Å². The van der Waals surface area contributed by atoms with Crippen LogP contribution in [0.2, 0.25) is 0 Å². The highest BCUT2D eigenvalue weighted by Gasteiger charge is 2.74. The molecule has 0 radical (unpaired) electrons. The predicted molar refractivity (Wildman–Crippen MR) is 44.5 cm³/mol. The second kappa shape index (κ2) is 4.32. The number of carboxylic acid groups (broad SMARTS) is 1. The summed E-state index contributed by atoms with van der Waals surface area (Å²) in [6, 6.07) is 0.